The molecular formula is C4H8BrRh. The van der Waals surface area contributed by atoms with Gasteiger partial charge in [0.1, 0.15) is 0 Å². The molecule has 0 unspecified atom stereocenters. The second-order valence-corrected chi connectivity index (χ2v) is 7.41. The molecule has 0 radical (unpaired) electrons. The Morgan fingerprint density at radius 2 is 1.67 bits per heavy atom. The molecule has 6 heavy (non-hydrogen) atoms. The van der Waals surface area contributed by atoms with E-state index in [1.54, 1.807) is 0 Å². The molecule has 0 N–H and O–H groups in total. The molecule has 40 valence electrons. The van der Waals surface area contributed by atoms with Crippen molar-refractivity contribution < 1.29 is 13.1 Å². The quantitative estimate of drug-likeness (QED) is 0.562. The van der Waals surface area contributed by atoms with E-state index in [-0.39, 0.29) is 0 Å². The molecule has 0 nitrogen and oxygen atoms in total. The molecule has 0 aliphatic heterocycles. The standard InChI is InChI=1S/2C2H4.BrH.Rh/c2*1-2;;/h2*1H,2H3;1H;/q;;;+1/p-1. The van der Waals surface area contributed by atoms with Crippen LogP contribution in [0.4, 0.5) is 0 Å². The van der Waals surface area contributed by atoms with E-state index >= 15 is 0 Å². The first kappa shape index (κ1) is 6.84. The molecular weight excluding hydrogens is 231 g/mol. The van der Waals surface area contributed by atoms with Gasteiger partial charge in [0, 0.05) is 0 Å². The zero-order valence-corrected chi connectivity index (χ0v) is 7.09. The van der Waals surface area contributed by atoms with Gasteiger partial charge in [0.2, 0.25) is 0 Å². The van der Waals surface area contributed by atoms with Crippen molar-refractivity contribution >= 4 is 22.8 Å². The fourth-order valence-corrected chi connectivity index (χ4v) is 0.657. The van der Waals surface area contributed by atoms with Crippen molar-refractivity contribution in [2.75, 3.05) is 0 Å². The molecule has 0 rings (SSSR count). The van der Waals surface area contributed by atoms with Crippen LogP contribution in [-0.2, 0) is 13.1 Å². The van der Waals surface area contributed by atoms with Gasteiger partial charge < -0.3 is 0 Å². The van der Waals surface area contributed by atoms with Crippen LogP contribution in [0.3, 0.4) is 0 Å². The van der Waals surface area contributed by atoms with Gasteiger partial charge in [-0.05, 0) is 0 Å². The van der Waals surface area contributed by atoms with Crippen LogP contribution in [0.1, 0.15) is 13.8 Å². The van der Waals surface area contributed by atoms with E-state index in [4.69, 9.17) is 0 Å². The molecule has 0 aromatic heterocycles. The molecule has 0 aliphatic rings. The topological polar surface area (TPSA) is 0 Å². The molecule has 0 amide bonds. The fourth-order valence-electron chi connectivity index (χ4n) is 0.111. The van der Waals surface area contributed by atoms with E-state index < -0.39 is 13.1 Å². The number of hydrogen-bond donors (Lipinski definition) is 0. The van der Waals surface area contributed by atoms with Crippen LogP contribution in [0, 0.1) is 0 Å². The molecule has 0 saturated carbocycles. The van der Waals surface area contributed by atoms with E-state index in [2.05, 4.69) is 36.7 Å². The number of halogens is 1. The van der Waals surface area contributed by atoms with Crippen LogP contribution in [0.5, 0.6) is 0 Å². The summed E-state index contributed by atoms with van der Waals surface area (Å²) in [6.45, 7) is 4.17. The predicted octanol–water partition coefficient (Wildman–Crippen LogP) is 1.56. The number of hydrogen-bond acceptors (Lipinski definition) is 0. The van der Waals surface area contributed by atoms with Crippen LogP contribution in [-0.4, -0.2) is 9.22 Å². The van der Waals surface area contributed by atoms with Crippen molar-refractivity contribution in [1.29, 1.82) is 0 Å². The first-order valence-electron chi connectivity index (χ1n) is 1.67. The Bertz CT molecular complexity index is 88.1. The Kier molecular flexibility index (Phi) is 4.58. The summed E-state index contributed by atoms with van der Waals surface area (Å²) in [5, 5.41) is 0. The van der Waals surface area contributed by atoms with Gasteiger partial charge in [-0.2, -0.15) is 0 Å². The van der Waals surface area contributed by atoms with E-state index in [9.17, 15) is 0 Å². The van der Waals surface area contributed by atoms with Crippen molar-refractivity contribution in [3.8, 4) is 0 Å². The number of rotatable bonds is 0. The van der Waals surface area contributed by atoms with Crippen LogP contribution in [0.15, 0.2) is 0 Å². The van der Waals surface area contributed by atoms with Gasteiger partial charge in [0.05, 0.1) is 0 Å². The maximum absolute atomic E-state index is 3.49. The van der Waals surface area contributed by atoms with Gasteiger partial charge in [-0.1, -0.05) is 0 Å². The van der Waals surface area contributed by atoms with Crippen LogP contribution >= 0.6 is 13.6 Å². The average Bonchev–Trinajstić information content (AvgIpc) is 1.65. The van der Waals surface area contributed by atoms with Crippen molar-refractivity contribution in [2.24, 2.45) is 0 Å². The molecule has 0 aromatic carbocycles. The maximum atomic E-state index is 3.49. The third-order valence-corrected chi connectivity index (χ3v) is 5.79. The van der Waals surface area contributed by atoms with Gasteiger partial charge >= 0.3 is 49.8 Å². The first-order valence-corrected chi connectivity index (χ1v) is 7.30. The minimum atomic E-state index is -0.528. The van der Waals surface area contributed by atoms with Crippen molar-refractivity contribution in [2.45, 2.75) is 13.8 Å². The van der Waals surface area contributed by atoms with Crippen LogP contribution in [0.2, 0.25) is 0 Å². The van der Waals surface area contributed by atoms with E-state index in [0.29, 0.717) is 0 Å². The molecule has 0 aromatic rings. The van der Waals surface area contributed by atoms with E-state index in [0.717, 1.165) is 0 Å². The third kappa shape index (κ3) is 3.05. The molecule has 0 spiro atoms. The van der Waals surface area contributed by atoms with Crippen molar-refractivity contribution in [1.82, 2.24) is 0 Å². The Hall–Kier alpha value is 0.843. The monoisotopic (exact) mass is 238 g/mol. The summed E-state index contributed by atoms with van der Waals surface area (Å²) in [5.41, 5.74) is 0. The summed E-state index contributed by atoms with van der Waals surface area (Å²) in [7, 11) is 0. The molecule has 0 fully saturated rings. The molecule has 0 bridgehead atoms. The molecule has 0 heterocycles. The van der Waals surface area contributed by atoms with Gasteiger partial charge in [0.25, 0.3) is 0 Å². The summed E-state index contributed by atoms with van der Waals surface area (Å²) in [4.78, 5) is 0. The Morgan fingerprint density at radius 3 is 1.67 bits per heavy atom. The van der Waals surface area contributed by atoms with Gasteiger partial charge in [-0.3, -0.25) is 0 Å². The molecule has 0 aliphatic carbocycles. The summed E-state index contributed by atoms with van der Waals surface area (Å²) in [5.74, 6) is 0. The molecule has 0 saturated heterocycles. The second-order valence-electron chi connectivity index (χ2n) is 0.641. The molecule has 2 heteroatoms. The zero-order chi connectivity index (χ0) is 4.99. The fraction of sp³-hybridized carbons (Fsp3) is 0.500. The van der Waals surface area contributed by atoms with Crippen molar-refractivity contribution in [3.63, 3.8) is 0 Å². The van der Waals surface area contributed by atoms with Crippen LogP contribution < -0.4 is 0 Å². The summed E-state index contributed by atoms with van der Waals surface area (Å²) >= 11 is 2.97. The molecule has 0 atom stereocenters. The van der Waals surface area contributed by atoms with Gasteiger partial charge in [-0.25, -0.2) is 0 Å². The second kappa shape index (κ2) is 4.01. The SMILES string of the molecule is C/[CH]=[Rh](\[Br])=[CH]/C. The van der Waals surface area contributed by atoms with Gasteiger partial charge in [-0.15, -0.1) is 0 Å². The Morgan fingerprint density at radius 1 is 1.33 bits per heavy atom. The third-order valence-electron chi connectivity index (χ3n) is 0.368. The van der Waals surface area contributed by atoms with E-state index in [1.807, 2.05) is 0 Å². The first-order chi connectivity index (χ1) is 2.81. The van der Waals surface area contributed by atoms with Gasteiger partial charge in [0.15, 0.2) is 0 Å². The van der Waals surface area contributed by atoms with E-state index in [1.165, 1.54) is 0 Å². The summed E-state index contributed by atoms with van der Waals surface area (Å²) in [6.07, 6.45) is 0. The van der Waals surface area contributed by atoms with Crippen molar-refractivity contribution in [3.05, 3.63) is 0 Å². The average molecular weight is 239 g/mol. The minimum absolute atomic E-state index is 0.528. The summed E-state index contributed by atoms with van der Waals surface area (Å²) < 4.78 is 4.43. The Labute approximate surface area is 49.9 Å². The Balaban J connectivity index is 3.86. The predicted molar refractivity (Wildman–Crippen MR) is 32.4 cm³/mol. The normalized spacial score (nSPS) is 18.8. The summed E-state index contributed by atoms with van der Waals surface area (Å²) in [6, 6.07) is 0. The van der Waals surface area contributed by atoms with Crippen LogP contribution in [0.25, 0.3) is 0 Å². The zero-order valence-electron chi connectivity index (χ0n) is 3.87.